The Morgan fingerprint density at radius 2 is 1.73 bits per heavy atom. The zero-order valence-electron chi connectivity index (χ0n) is 13.5. The Hall–Kier alpha value is -2.08. The maximum absolute atomic E-state index is 11.6. The fourth-order valence-corrected chi connectivity index (χ4v) is 1.83. The first kappa shape index (κ1) is 18.0. The Balaban J connectivity index is 2.51. The van der Waals surface area contributed by atoms with Crippen LogP contribution in [-0.4, -0.2) is 35.9 Å². The lowest BCUT2D eigenvalue weighted by atomic mass is 10.0. The van der Waals surface area contributed by atoms with Crippen LogP contribution in [0.4, 0.5) is 4.79 Å². The van der Waals surface area contributed by atoms with E-state index in [4.69, 9.17) is 9.84 Å². The van der Waals surface area contributed by atoms with Crippen LogP contribution >= 0.6 is 0 Å². The summed E-state index contributed by atoms with van der Waals surface area (Å²) in [5.41, 5.74) is 1.32. The predicted molar refractivity (Wildman–Crippen MR) is 83.7 cm³/mol. The molecule has 0 bridgehead atoms. The molecule has 3 N–H and O–H groups in total. The van der Waals surface area contributed by atoms with Crippen molar-refractivity contribution in [2.75, 3.05) is 7.05 Å². The van der Waals surface area contributed by atoms with Crippen LogP contribution in [0.3, 0.4) is 0 Å². The predicted octanol–water partition coefficient (Wildman–Crippen LogP) is 1.93. The van der Waals surface area contributed by atoms with Crippen LogP contribution in [0, 0.1) is 0 Å². The van der Waals surface area contributed by atoms with Gasteiger partial charge in [-0.1, -0.05) is 24.3 Å². The Morgan fingerprint density at radius 3 is 2.18 bits per heavy atom. The maximum atomic E-state index is 11.6. The topological polar surface area (TPSA) is 87.7 Å². The molecule has 0 aliphatic carbocycles. The number of hydrogen-bond acceptors (Lipinski definition) is 4. The number of hydrogen-bond donors (Lipinski definition) is 3. The largest absolute Gasteiger partial charge is 0.480 e. The molecule has 1 aromatic rings. The molecule has 1 aromatic carbocycles. The van der Waals surface area contributed by atoms with Crippen LogP contribution in [-0.2, 0) is 22.5 Å². The first-order valence-electron chi connectivity index (χ1n) is 7.16. The molecule has 6 nitrogen and oxygen atoms in total. The van der Waals surface area contributed by atoms with Crippen LogP contribution in [0.5, 0.6) is 0 Å². The van der Waals surface area contributed by atoms with E-state index in [1.54, 1.807) is 7.05 Å². The fourth-order valence-electron chi connectivity index (χ4n) is 1.83. The van der Waals surface area contributed by atoms with Crippen molar-refractivity contribution in [1.29, 1.82) is 0 Å². The Bertz CT molecular complexity index is 506. The summed E-state index contributed by atoms with van der Waals surface area (Å²) in [6, 6.07) is 6.84. The van der Waals surface area contributed by atoms with E-state index in [0.29, 0.717) is 13.0 Å². The lowest BCUT2D eigenvalue weighted by molar-refractivity contribution is -0.139. The second kappa shape index (κ2) is 7.79. The first-order valence-corrected chi connectivity index (χ1v) is 7.16. The van der Waals surface area contributed by atoms with Gasteiger partial charge in [-0.25, -0.2) is 4.79 Å². The molecule has 1 amide bonds. The second-order valence-electron chi connectivity index (χ2n) is 6.06. The summed E-state index contributed by atoms with van der Waals surface area (Å²) in [5, 5.41) is 14.4. The molecule has 0 aliphatic rings. The molecule has 0 saturated heterocycles. The molecule has 6 heteroatoms. The minimum atomic E-state index is -0.877. The molecule has 1 atom stereocenters. The van der Waals surface area contributed by atoms with E-state index in [9.17, 15) is 9.59 Å². The minimum absolute atomic E-state index is 0.365. The number of alkyl carbamates (subject to hydrolysis) is 1. The number of carboxylic acid groups (broad SMARTS) is 1. The quantitative estimate of drug-likeness (QED) is 0.747. The van der Waals surface area contributed by atoms with Gasteiger partial charge in [-0.3, -0.25) is 4.79 Å². The summed E-state index contributed by atoms with van der Waals surface area (Å²) in [5.74, 6) is -0.877. The number of likely N-dealkylation sites (N-methyl/N-ethyl adjacent to an activating group) is 1. The summed E-state index contributed by atoms with van der Waals surface area (Å²) in [4.78, 5) is 22.5. The highest BCUT2D eigenvalue weighted by Gasteiger charge is 2.16. The monoisotopic (exact) mass is 308 g/mol. The molecule has 0 aliphatic heterocycles. The highest BCUT2D eigenvalue weighted by molar-refractivity contribution is 5.73. The molecule has 0 unspecified atom stereocenters. The highest BCUT2D eigenvalue weighted by Crippen LogP contribution is 2.09. The van der Waals surface area contributed by atoms with E-state index in [-0.39, 0.29) is 0 Å². The van der Waals surface area contributed by atoms with E-state index < -0.39 is 23.7 Å². The number of aliphatic carboxylic acids is 1. The average molecular weight is 308 g/mol. The number of amides is 1. The minimum Gasteiger partial charge on any atom is -0.480 e. The third-order valence-corrected chi connectivity index (χ3v) is 2.95. The third-order valence-electron chi connectivity index (χ3n) is 2.95. The lowest BCUT2D eigenvalue weighted by Gasteiger charge is -2.19. The fraction of sp³-hybridized carbons (Fsp3) is 0.500. The molecule has 0 aromatic heterocycles. The van der Waals surface area contributed by atoms with Gasteiger partial charge in [0.2, 0.25) is 0 Å². The van der Waals surface area contributed by atoms with Crippen molar-refractivity contribution in [1.82, 2.24) is 10.6 Å². The zero-order valence-corrected chi connectivity index (χ0v) is 13.5. The number of ether oxygens (including phenoxy) is 1. The summed E-state index contributed by atoms with van der Waals surface area (Å²) >= 11 is 0. The number of carbonyl (C=O) groups is 2. The van der Waals surface area contributed by atoms with E-state index >= 15 is 0 Å². The molecule has 122 valence electrons. The maximum Gasteiger partial charge on any atom is 0.407 e. The summed E-state index contributed by atoms with van der Waals surface area (Å²) in [7, 11) is 1.62. The van der Waals surface area contributed by atoms with Gasteiger partial charge in [-0.2, -0.15) is 0 Å². The molecular formula is C16H24N2O4. The van der Waals surface area contributed by atoms with Crippen molar-refractivity contribution in [3.63, 3.8) is 0 Å². The van der Waals surface area contributed by atoms with Crippen molar-refractivity contribution in [2.24, 2.45) is 0 Å². The molecular weight excluding hydrogens is 284 g/mol. The smallest absolute Gasteiger partial charge is 0.407 e. The van der Waals surface area contributed by atoms with Crippen molar-refractivity contribution < 1.29 is 19.4 Å². The van der Waals surface area contributed by atoms with Gasteiger partial charge in [0.25, 0.3) is 0 Å². The number of carboxylic acids is 1. The molecule has 0 heterocycles. The van der Waals surface area contributed by atoms with Gasteiger partial charge in [0.1, 0.15) is 11.6 Å². The van der Waals surface area contributed by atoms with Crippen molar-refractivity contribution in [3.8, 4) is 0 Å². The molecule has 22 heavy (non-hydrogen) atoms. The first-order chi connectivity index (χ1) is 10.2. The Labute approximate surface area is 130 Å². The SMILES string of the molecule is CN[C@@H](Cc1ccc(CNC(=O)OC(C)(C)C)cc1)C(=O)O. The third kappa shape index (κ3) is 6.58. The van der Waals surface area contributed by atoms with Crippen LogP contribution in [0.15, 0.2) is 24.3 Å². The van der Waals surface area contributed by atoms with Crippen LogP contribution in [0.25, 0.3) is 0 Å². The average Bonchev–Trinajstić information content (AvgIpc) is 2.41. The summed E-state index contributed by atoms with van der Waals surface area (Å²) in [6.45, 7) is 5.79. The van der Waals surface area contributed by atoms with E-state index in [0.717, 1.165) is 11.1 Å². The number of benzene rings is 1. The van der Waals surface area contributed by atoms with Crippen molar-refractivity contribution in [3.05, 3.63) is 35.4 Å². The van der Waals surface area contributed by atoms with Gasteiger partial charge in [0, 0.05) is 6.54 Å². The van der Waals surface area contributed by atoms with Crippen molar-refractivity contribution >= 4 is 12.1 Å². The highest BCUT2D eigenvalue weighted by atomic mass is 16.6. The molecule has 0 saturated carbocycles. The molecule has 0 radical (unpaired) electrons. The Morgan fingerprint density at radius 1 is 1.18 bits per heavy atom. The van der Waals surface area contributed by atoms with Gasteiger partial charge in [-0.15, -0.1) is 0 Å². The van der Waals surface area contributed by atoms with Gasteiger partial charge in [-0.05, 0) is 45.4 Å². The molecule has 0 spiro atoms. The number of carbonyl (C=O) groups excluding carboxylic acids is 1. The standard InChI is InChI=1S/C16H24N2O4/c1-16(2,3)22-15(21)18-10-12-7-5-11(6-8-12)9-13(17-4)14(19)20/h5-8,13,17H,9-10H2,1-4H3,(H,18,21)(H,19,20)/t13-/m0/s1. The van der Waals surface area contributed by atoms with Crippen LogP contribution in [0.2, 0.25) is 0 Å². The lowest BCUT2D eigenvalue weighted by Crippen LogP contribution is -2.35. The normalized spacial score (nSPS) is 12.5. The molecule has 0 fully saturated rings. The zero-order chi connectivity index (χ0) is 16.8. The van der Waals surface area contributed by atoms with Crippen LogP contribution in [0.1, 0.15) is 31.9 Å². The van der Waals surface area contributed by atoms with E-state index in [1.807, 2.05) is 45.0 Å². The van der Waals surface area contributed by atoms with E-state index in [2.05, 4.69) is 10.6 Å². The van der Waals surface area contributed by atoms with Gasteiger partial charge in [0.05, 0.1) is 0 Å². The molecule has 1 rings (SSSR count). The summed E-state index contributed by atoms with van der Waals surface area (Å²) < 4.78 is 5.15. The Kier molecular flexibility index (Phi) is 6.37. The van der Waals surface area contributed by atoms with E-state index in [1.165, 1.54) is 0 Å². The van der Waals surface area contributed by atoms with Gasteiger partial charge in [0.15, 0.2) is 0 Å². The van der Waals surface area contributed by atoms with Crippen molar-refractivity contribution in [2.45, 2.75) is 45.4 Å². The number of nitrogens with one attached hydrogen (secondary N) is 2. The van der Waals surface area contributed by atoms with Crippen LogP contribution < -0.4 is 10.6 Å². The summed E-state index contributed by atoms with van der Waals surface area (Å²) in [6.07, 6.45) is -0.0521. The number of rotatable bonds is 6. The van der Waals surface area contributed by atoms with Gasteiger partial charge >= 0.3 is 12.1 Å². The second-order valence-corrected chi connectivity index (χ2v) is 6.06. The van der Waals surface area contributed by atoms with Gasteiger partial charge < -0.3 is 20.5 Å².